The molecule has 0 aromatic heterocycles. The summed E-state index contributed by atoms with van der Waals surface area (Å²) in [6.45, 7) is 1.67. The second kappa shape index (κ2) is 5.67. The van der Waals surface area contributed by atoms with Crippen molar-refractivity contribution in [3.63, 3.8) is 0 Å². The maximum atomic E-state index is 10.2. The quantitative estimate of drug-likeness (QED) is 0.545. The van der Waals surface area contributed by atoms with Crippen molar-refractivity contribution in [2.45, 2.75) is 32.3 Å². The predicted octanol–water partition coefficient (Wildman–Crippen LogP) is 0.647. The fourth-order valence-electron chi connectivity index (χ4n) is 0.706. The minimum Gasteiger partial charge on any atom is -0.391 e. The van der Waals surface area contributed by atoms with Crippen LogP contribution >= 0.6 is 7.82 Å². The van der Waals surface area contributed by atoms with Crippen LogP contribution in [0.25, 0.3) is 0 Å². The van der Waals surface area contributed by atoms with Gasteiger partial charge >= 0.3 is 7.82 Å². The molecular formula is C6H15O5P. The summed E-state index contributed by atoms with van der Waals surface area (Å²) in [4.78, 5) is 16.5. The van der Waals surface area contributed by atoms with E-state index in [0.29, 0.717) is 6.42 Å². The summed E-state index contributed by atoms with van der Waals surface area (Å²) in [6, 6.07) is 0. The molecule has 0 aliphatic rings. The molecule has 0 rings (SSSR count). The smallest absolute Gasteiger partial charge is 0.391 e. The van der Waals surface area contributed by atoms with E-state index >= 15 is 0 Å². The number of phosphoric ester groups is 1. The molecule has 0 saturated heterocycles. The molecule has 0 aliphatic carbocycles. The van der Waals surface area contributed by atoms with Gasteiger partial charge in [0.2, 0.25) is 0 Å². The highest BCUT2D eigenvalue weighted by Gasteiger charge is 2.16. The highest BCUT2D eigenvalue weighted by atomic mass is 31.2. The van der Waals surface area contributed by atoms with Crippen LogP contribution in [0.3, 0.4) is 0 Å². The number of aliphatic hydroxyl groups excluding tert-OH is 1. The lowest BCUT2D eigenvalue weighted by molar-refractivity contribution is 0.0778. The zero-order valence-corrected chi connectivity index (χ0v) is 7.91. The predicted molar refractivity (Wildman–Crippen MR) is 43.5 cm³/mol. The van der Waals surface area contributed by atoms with E-state index in [0.717, 1.165) is 12.8 Å². The van der Waals surface area contributed by atoms with Crippen LogP contribution in [0, 0.1) is 0 Å². The zero-order chi connectivity index (χ0) is 9.61. The summed E-state index contributed by atoms with van der Waals surface area (Å²) >= 11 is 0. The highest BCUT2D eigenvalue weighted by Crippen LogP contribution is 2.35. The molecule has 5 nitrogen and oxygen atoms in total. The van der Waals surface area contributed by atoms with Crippen LogP contribution in [0.5, 0.6) is 0 Å². The molecule has 0 aliphatic heterocycles. The van der Waals surface area contributed by atoms with Gasteiger partial charge in [0.25, 0.3) is 0 Å². The van der Waals surface area contributed by atoms with Crippen molar-refractivity contribution in [2.24, 2.45) is 0 Å². The molecule has 0 bridgehead atoms. The Hall–Kier alpha value is 0.0700. The lowest BCUT2D eigenvalue weighted by atomic mass is 10.2. The van der Waals surface area contributed by atoms with Crippen LogP contribution < -0.4 is 0 Å². The molecule has 3 N–H and O–H groups in total. The molecule has 74 valence electrons. The molecule has 1 unspecified atom stereocenters. The Morgan fingerprint density at radius 3 is 2.50 bits per heavy atom. The number of unbranched alkanes of at least 4 members (excludes halogenated alkanes) is 1. The first kappa shape index (κ1) is 12.1. The van der Waals surface area contributed by atoms with Crippen LogP contribution in [0.4, 0.5) is 0 Å². The summed E-state index contributed by atoms with van der Waals surface area (Å²) in [5.41, 5.74) is 0. The first-order valence-corrected chi connectivity index (χ1v) is 5.37. The molecular weight excluding hydrogens is 183 g/mol. The molecule has 0 spiro atoms. The maximum absolute atomic E-state index is 10.2. The van der Waals surface area contributed by atoms with Crippen molar-refractivity contribution in [1.82, 2.24) is 0 Å². The molecule has 0 saturated carbocycles. The minimum atomic E-state index is -4.41. The summed E-state index contributed by atoms with van der Waals surface area (Å²) in [6.07, 6.45) is 1.49. The van der Waals surface area contributed by atoms with Gasteiger partial charge in [0, 0.05) is 0 Å². The summed E-state index contributed by atoms with van der Waals surface area (Å²) in [5, 5.41) is 9.08. The third kappa shape index (κ3) is 8.17. The first-order valence-electron chi connectivity index (χ1n) is 3.84. The molecule has 0 amide bonds. The average Bonchev–Trinajstić information content (AvgIpc) is 1.95. The SMILES string of the molecule is CCCCC(O)COP(=O)(O)O. The van der Waals surface area contributed by atoms with Crippen molar-refractivity contribution in [3.05, 3.63) is 0 Å². The second-order valence-electron chi connectivity index (χ2n) is 2.58. The lowest BCUT2D eigenvalue weighted by Gasteiger charge is -2.10. The number of phosphoric acid groups is 1. The number of hydrogen-bond acceptors (Lipinski definition) is 3. The second-order valence-corrected chi connectivity index (χ2v) is 3.82. The minimum absolute atomic E-state index is 0.301. The van der Waals surface area contributed by atoms with E-state index in [2.05, 4.69) is 4.52 Å². The molecule has 6 heteroatoms. The fraction of sp³-hybridized carbons (Fsp3) is 1.00. The van der Waals surface area contributed by atoms with Gasteiger partial charge in [-0.3, -0.25) is 4.52 Å². The number of hydrogen-bond donors (Lipinski definition) is 3. The van der Waals surface area contributed by atoms with E-state index < -0.39 is 13.9 Å². The Kier molecular flexibility index (Phi) is 5.70. The van der Waals surface area contributed by atoms with Gasteiger partial charge in [0.1, 0.15) is 0 Å². The summed E-state index contributed by atoms with van der Waals surface area (Å²) in [5.74, 6) is 0. The van der Waals surface area contributed by atoms with E-state index in [9.17, 15) is 4.57 Å². The van der Waals surface area contributed by atoms with Gasteiger partial charge in [-0.05, 0) is 6.42 Å². The van der Waals surface area contributed by atoms with Gasteiger partial charge in [0.05, 0.1) is 12.7 Å². The Balaban J connectivity index is 3.44. The Morgan fingerprint density at radius 1 is 1.50 bits per heavy atom. The molecule has 0 aromatic rings. The summed E-state index contributed by atoms with van der Waals surface area (Å²) < 4.78 is 14.3. The maximum Gasteiger partial charge on any atom is 0.469 e. The normalized spacial score (nSPS) is 14.7. The average molecular weight is 198 g/mol. The van der Waals surface area contributed by atoms with E-state index in [4.69, 9.17) is 14.9 Å². The van der Waals surface area contributed by atoms with Crippen molar-refractivity contribution >= 4 is 7.82 Å². The van der Waals surface area contributed by atoms with Crippen molar-refractivity contribution in [2.75, 3.05) is 6.61 Å². The topological polar surface area (TPSA) is 87.0 Å². The van der Waals surface area contributed by atoms with Crippen LogP contribution in [-0.2, 0) is 9.09 Å². The van der Waals surface area contributed by atoms with Crippen LogP contribution in [0.15, 0.2) is 0 Å². The molecule has 12 heavy (non-hydrogen) atoms. The van der Waals surface area contributed by atoms with Crippen LogP contribution in [0.1, 0.15) is 26.2 Å². The van der Waals surface area contributed by atoms with Gasteiger partial charge < -0.3 is 14.9 Å². The molecule has 0 aromatic carbocycles. The van der Waals surface area contributed by atoms with E-state index in [1.807, 2.05) is 6.92 Å². The van der Waals surface area contributed by atoms with Crippen molar-refractivity contribution < 1.29 is 24.0 Å². The lowest BCUT2D eigenvalue weighted by Crippen LogP contribution is -2.13. The molecule has 0 radical (unpaired) electrons. The molecule has 0 fully saturated rings. The van der Waals surface area contributed by atoms with Gasteiger partial charge in [0.15, 0.2) is 0 Å². The van der Waals surface area contributed by atoms with Gasteiger partial charge in [-0.15, -0.1) is 0 Å². The first-order chi connectivity index (χ1) is 5.45. The zero-order valence-electron chi connectivity index (χ0n) is 7.01. The Morgan fingerprint density at radius 2 is 2.08 bits per heavy atom. The Labute approximate surface area is 71.6 Å². The largest absolute Gasteiger partial charge is 0.469 e. The standard InChI is InChI=1S/C6H15O5P/c1-2-3-4-6(7)5-11-12(8,9)10/h6-7H,2-5H2,1H3,(H2,8,9,10). The number of aliphatic hydroxyl groups is 1. The molecule has 0 heterocycles. The van der Waals surface area contributed by atoms with Crippen LogP contribution in [0.2, 0.25) is 0 Å². The van der Waals surface area contributed by atoms with E-state index in [-0.39, 0.29) is 6.61 Å². The van der Waals surface area contributed by atoms with Crippen LogP contribution in [-0.4, -0.2) is 27.6 Å². The van der Waals surface area contributed by atoms with E-state index in [1.165, 1.54) is 0 Å². The monoisotopic (exact) mass is 198 g/mol. The van der Waals surface area contributed by atoms with E-state index in [1.54, 1.807) is 0 Å². The van der Waals surface area contributed by atoms with Gasteiger partial charge in [-0.25, -0.2) is 4.57 Å². The Bertz CT molecular complexity index is 154. The third-order valence-electron chi connectivity index (χ3n) is 1.33. The third-order valence-corrected chi connectivity index (χ3v) is 1.81. The van der Waals surface area contributed by atoms with Gasteiger partial charge in [-0.1, -0.05) is 19.8 Å². The van der Waals surface area contributed by atoms with Gasteiger partial charge in [-0.2, -0.15) is 0 Å². The fourth-order valence-corrected chi connectivity index (χ4v) is 1.07. The molecule has 1 atom stereocenters. The highest BCUT2D eigenvalue weighted by molar-refractivity contribution is 7.46. The number of rotatable bonds is 6. The summed E-state index contributed by atoms with van der Waals surface area (Å²) in [7, 11) is -4.41. The van der Waals surface area contributed by atoms with Crippen molar-refractivity contribution in [1.29, 1.82) is 0 Å². The van der Waals surface area contributed by atoms with Crippen molar-refractivity contribution in [3.8, 4) is 0 Å².